The average molecular weight is 325 g/mol. The lowest BCUT2D eigenvalue weighted by Gasteiger charge is -2.25. The summed E-state index contributed by atoms with van der Waals surface area (Å²) in [6, 6.07) is 8.85. The second-order valence-electron chi connectivity index (χ2n) is 6.35. The fraction of sp³-hybridized carbons (Fsp3) is 0.421. The Bertz CT molecular complexity index is 826. The Morgan fingerprint density at radius 2 is 2.12 bits per heavy atom. The van der Waals surface area contributed by atoms with Crippen LogP contribution in [0.4, 0.5) is 5.69 Å². The number of fused-ring (bicyclic) bond motifs is 1. The highest BCUT2D eigenvalue weighted by atomic mass is 16.2. The Kier molecular flexibility index (Phi) is 4.51. The van der Waals surface area contributed by atoms with Crippen LogP contribution in [0.2, 0.25) is 0 Å². The maximum absolute atomic E-state index is 13.0. The number of carbonyl (C=O) groups is 1. The maximum atomic E-state index is 13.0. The van der Waals surface area contributed by atoms with Crippen LogP contribution in [0.3, 0.4) is 0 Å². The fourth-order valence-electron chi connectivity index (χ4n) is 3.28. The predicted octanol–water partition coefficient (Wildman–Crippen LogP) is 2.65. The van der Waals surface area contributed by atoms with E-state index in [4.69, 9.17) is 0 Å². The first-order valence-corrected chi connectivity index (χ1v) is 8.51. The molecule has 0 bridgehead atoms. The first-order chi connectivity index (χ1) is 11.5. The van der Waals surface area contributed by atoms with E-state index in [0.717, 1.165) is 41.8 Å². The summed E-state index contributed by atoms with van der Waals surface area (Å²) in [6.45, 7) is 6.23. The molecule has 0 radical (unpaired) electrons. The normalized spacial score (nSPS) is 14.3. The number of likely N-dealkylation sites (N-methyl/N-ethyl adjacent to an activating group) is 1. The number of anilines is 1. The van der Waals surface area contributed by atoms with Crippen LogP contribution in [-0.4, -0.2) is 22.2 Å². The summed E-state index contributed by atoms with van der Waals surface area (Å²) >= 11 is 0. The van der Waals surface area contributed by atoms with Crippen LogP contribution in [0.1, 0.15) is 43.1 Å². The Labute approximate surface area is 141 Å². The third-order valence-corrected chi connectivity index (χ3v) is 4.60. The Hall–Kier alpha value is -2.43. The molecule has 1 amide bonds. The van der Waals surface area contributed by atoms with Gasteiger partial charge >= 0.3 is 0 Å². The monoisotopic (exact) mass is 325 g/mol. The predicted molar refractivity (Wildman–Crippen MR) is 94.4 cm³/mol. The van der Waals surface area contributed by atoms with Gasteiger partial charge in [0.15, 0.2) is 0 Å². The highest BCUT2D eigenvalue weighted by Gasteiger charge is 2.25. The van der Waals surface area contributed by atoms with Crippen molar-refractivity contribution in [2.75, 3.05) is 11.4 Å². The summed E-state index contributed by atoms with van der Waals surface area (Å²) < 4.78 is 1.34. The fourth-order valence-corrected chi connectivity index (χ4v) is 3.28. The van der Waals surface area contributed by atoms with Crippen molar-refractivity contribution in [3.63, 3.8) is 0 Å². The molecule has 1 aromatic carbocycles. The number of carbonyl (C=O) groups excluding carboxylic acids is 1. The van der Waals surface area contributed by atoms with Gasteiger partial charge in [-0.05, 0) is 63.3 Å². The minimum Gasteiger partial charge on any atom is -0.311 e. The van der Waals surface area contributed by atoms with Gasteiger partial charge in [0.05, 0.1) is 5.69 Å². The van der Waals surface area contributed by atoms with E-state index in [9.17, 15) is 9.59 Å². The molecule has 2 aromatic rings. The first-order valence-electron chi connectivity index (χ1n) is 8.51. The van der Waals surface area contributed by atoms with Gasteiger partial charge in [-0.2, -0.15) is 5.10 Å². The third-order valence-electron chi connectivity index (χ3n) is 4.60. The summed E-state index contributed by atoms with van der Waals surface area (Å²) in [5, 5.41) is 4.46. The molecule has 3 rings (SSSR count). The van der Waals surface area contributed by atoms with Crippen molar-refractivity contribution in [3.05, 3.63) is 57.5 Å². The van der Waals surface area contributed by atoms with Crippen molar-refractivity contribution in [3.8, 4) is 0 Å². The molecule has 1 heterocycles. The molecule has 0 aliphatic heterocycles. The van der Waals surface area contributed by atoms with Gasteiger partial charge < -0.3 is 4.90 Å². The van der Waals surface area contributed by atoms with E-state index in [2.05, 4.69) is 5.10 Å². The molecule has 0 fully saturated rings. The number of hydrogen-bond acceptors (Lipinski definition) is 3. The van der Waals surface area contributed by atoms with E-state index in [-0.39, 0.29) is 11.5 Å². The van der Waals surface area contributed by atoms with Crippen molar-refractivity contribution in [2.24, 2.45) is 0 Å². The topological polar surface area (TPSA) is 55.2 Å². The first kappa shape index (κ1) is 16.4. The Morgan fingerprint density at radius 1 is 1.33 bits per heavy atom. The molecule has 1 unspecified atom stereocenters. The minimum atomic E-state index is -0.621. The summed E-state index contributed by atoms with van der Waals surface area (Å²) in [6.07, 6.45) is 2.81. The molecule has 5 heteroatoms. The quantitative estimate of drug-likeness (QED) is 0.868. The van der Waals surface area contributed by atoms with Gasteiger partial charge in [0, 0.05) is 18.3 Å². The van der Waals surface area contributed by atoms with Crippen LogP contribution in [0.15, 0.2) is 35.1 Å². The van der Waals surface area contributed by atoms with Gasteiger partial charge in [-0.25, -0.2) is 4.68 Å². The van der Waals surface area contributed by atoms with Crippen LogP contribution in [0.5, 0.6) is 0 Å². The van der Waals surface area contributed by atoms with E-state index in [1.54, 1.807) is 17.9 Å². The largest absolute Gasteiger partial charge is 0.311 e. The van der Waals surface area contributed by atoms with Crippen LogP contribution >= 0.6 is 0 Å². The third kappa shape index (κ3) is 2.98. The molecule has 5 nitrogen and oxygen atoms in total. The number of amides is 1. The van der Waals surface area contributed by atoms with Crippen molar-refractivity contribution in [1.82, 2.24) is 9.78 Å². The molecule has 0 saturated carbocycles. The molecule has 1 atom stereocenters. The minimum absolute atomic E-state index is 0.115. The van der Waals surface area contributed by atoms with Crippen LogP contribution in [0.25, 0.3) is 0 Å². The van der Waals surface area contributed by atoms with E-state index in [1.165, 1.54) is 4.68 Å². The Balaban J connectivity index is 1.92. The van der Waals surface area contributed by atoms with Crippen molar-refractivity contribution >= 4 is 11.6 Å². The molecule has 1 aromatic heterocycles. The molecular formula is C19H23N3O2. The zero-order chi connectivity index (χ0) is 17.3. The lowest BCUT2D eigenvalue weighted by atomic mass is 10.2. The zero-order valence-corrected chi connectivity index (χ0v) is 14.5. The van der Waals surface area contributed by atoms with E-state index >= 15 is 0 Å². The second kappa shape index (κ2) is 6.59. The summed E-state index contributed by atoms with van der Waals surface area (Å²) in [4.78, 5) is 27.0. The standard InChI is InChI=1S/C19H23N3O2/c1-4-21(16-9-5-7-13(2)11-16)19(24)14(3)22-18(23)12-15-8-6-10-17(15)20-22/h5,7,9,11-12,14H,4,6,8,10H2,1-3H3. The smallest absolute Gasteiger partial charge is 0.267 e. The van der Waals surface area contributed by atoms with Crippen LogP contribution in [-0.2, 0) is 17.6 Å². The van der Waals surface area contributed by atoms with E-state index < -0.39 is 6.04 Å². The second-order valence-corrected chi connectivity index (χ2v) is 6.35. The molecule has 1 aliphatic carbocycles. The summed E-state index contributed by atoms with van der Waals surface area (Å²) in [7, 11) is 0. The lowest BCUT2D eigenvalue weighted by molar-refractivity contribution is -0.121. The summed E-state index contributed by atoms with van der Waals surface area (Å²) in [5.41, 5.74) is 3.73. The van der Waals surface area contributed by atoms with Gasteiger partial charge in [-0.1, -0.05) is 12.1 Å². The molecule has 0 saturated heterocycles. The van der Waals surface area contributed by atoms with Crippen LogP contribution < -0.4 is 10.5 Å². The van der Waals surface area contributed by atoms with Crippen molar-refractivity contribution in [2.45, 2.75) is 46.1 Å². The van der Waals surface area contributed by atoms with Gasteiger partial charge in [-0.15, -0.1) is 0 Å². The highest BCUT2D eigenvalue weighted by Crippen LogP contribution is 2.21. The Morgan fingerprint density at radius 3 is 2.83 bits per heavy atom. The van der Waals surface area contributed by atoms with Crippen LogP contribution in [0, 0.1) is 6.92 Å². The molecule has 1 aliphatic rings. The number of rotatable bonds is 4. The molecule has 24 heavy (non-hydrogen) atoms. The number of aromatic nitrogens is 2. The summed E-state index contributed by atoms with van der Waals surface area (Å²) in [5.74, 6) is -0.115. The zero-order valence-electron chi connectivity index (χ0n) is 14.5. The molecule has 0 N–H and O–H groups in total. The number of hydrogen-bond donors (Lipinski definition) is 0. The van der Waals surface area contributed by atoms with E-state index in [1.807, 2.05) is 38.1 Å². The van der Waals surface area contributed by atoms with Gasteiger partial charge in [0.2, 0.25) is 0 Å². The highest BCUT2D eigenvalue weighted by molar-refractivity contribution is 5.95. The van der Waals surface area contributed by atoms with Crippen molar-refractivity contribution < 1.29 is 4.79 Å². The van der Waals surface area contributed by atoms with E-state index in [0.29, 0.717) is 6.54 Å². The van der Waals surface area contributed by atoms with Gasteiger partial charge in [-0.3, -0.25) is 9.59 Å². The lowest BCUT2D eigenvalue weighted by Crippen LogP contribution is -2.40. The van der Waals surface area contributed by atoms with Crippen molar-refractivity contribution in [1.29, 1.82) is 0 Å². The maximum Gasteiger partial charge on any atom is 0.267 e. The number of nitrogens with zero attached hydrogens (tertiary/aromatic N) is 3. The molecule has 126 valence electrons. The number of aryl methyl sites for hydroxylation is 3. The van der Waals surface area contributed by atoms with Gasteiger partial charge in [0.1, 0.15) is 6.04 Å². The SMILES string of the molecule is CCN(C(=O)C(C)n1nc2c(cc1=O)CCC2)c1cccc(C)c1. The number of benzene rings is 1. The van der Waals surface area contributed by atoms with Gasteiger partial charge in [0.25, 0.3) is 11.5 Å². The molecule has 0 spiro atoms. The average Bonchev–Trinajstić information content (AvgIpc) is 3.01. The molecular weight excluding hydrogens is 302 g/mol.